The van der Waals surface area contributed by atoms with Gasteiger partial charge in [0.05, 0.1) is 29.1 Å². The molecule has 2 rings (SSSR count). The summed E-state index contributed by atoms with van der Waals surface area (Å²) in [7, 11) is -1.25. The molecule has 9 heteroatoms. The minimum Gasteiger partial charge on any atom is -0.462 e. The lowest BCUT2D eigenvalue weighted by Gasteiger charge is -2.14. The number of hydrogen-bond donors (Lipinski definition) is 0. The van der Waals surface area contributed by atoms with Gasteiger partial charge in [0.15, 0.2) is 5.78 Å². The zero-order chi connectivity index (χ0) is 19.2. The Kier molecular flexibility index (Phi) is 7.04. The van der Waals surface area contributed by atoms with Gasteiger partial charge in [0.1, 0.15) is 0 Å². The van der Waals surface area contributed by atoms with Crippen LogP contribution in [0.5, 0.6) is 0 Å². The average molecular weight is 397 g/mol. The Morgan fingerprint density at radius 2 is 1.85 bits per heavy atom. The van der Waals surface area contributed by atoms with Crippen LogP contribution < -0.4 is 0 Å². The Balaban J connectivity index is 1.85. The van der Waals surface area contributed by atoms with Crippen LogP contribution >= 0.6 is 11.3 Å². The van der Waals surface area contributed by atoms with Crippen LogP contribution in [0.25, 0.3) is 0 Å². The third kappa shape index (κ3) is 4.98. The molecule has 0 aliphatic heterocycles. The van der Waals surface area contributed by atoms with Gasteiger partial charge >= 0.3 is 5.97 Å². The summed E-state index contributed by atoms with van der Waals surface area (Å²) < 4.78 is 30.0. The number of benzene rings is 1. The second kappa shape index (κ2) is 9.04. The molecule has 7 nitrogen and oxygen atoms in total. The number of ketones is 1. The van der Waals surface area contributed by atoms with Crippen LogP contribution in [0.2, 0.25) is 0 Å². The predicted octanol–water partition coefficient (Wildman–Crippen LogP) is 2.75. The van der Waals surface area contributed by atoms with E-state index in [1.54, 1.807) is 6.07 Å². The summed E-state index contributed by atoms with van der Waals surface area (Å²) in [6.45, 7) is 0.114. The van der Waals surface area contributed by atoms with Gasteiger partial charge in [-0.3, -0.25) is 9.63 Å². The topological polar surface area (TPSA) is 90.0 Å². The number of sulfonamides is 1. The van der Waals surface area contributed by atoms with Gasteiger partial charge in [0.2, 0.25) is 0 Å². The van der Waals surface area contributed by atoms with Gasteiger partial charge in [-0.2, -0.15) is 0 Å². The fourth-order valence-electron chi connectivity index (χ4n) is 2.05. The van der Waals surface area contributed by atoms with Gasteiger partial charge in [-0.05, 0) is 42.1 Å². The summed E-state index contributed by atoms with van der Waals surface area (Å²) in [5, 5.41) is 1.83. The molecule has 0 saturated carbocycles. The lowest BCUT2D eigenvalue weighted by atomic mass is 10.2. The van der Waals surface area contributed by atoms with E-state index in [0.717, 1.165) is 4.47 Å². The van der Waals surface area contributed by atoms with E-state index in [9.17, 15) is 18.0 Å². The van der Waals surface area contributed by atoms with E-state index in [-0.39, 0.29) is 22.8 Å². The molecule has 0 atom stereocenters. The van der Waals surface area contributed by atoms with Gasteiger partial charge in [-0.15, -0.1) is 11.3 Å². The normalized spacial score (nSPS) is 11.5. The highest BCUT2D eigenvalue weighted by Gasteiger charge is 2.21. The lowest BCUT2D eigenvalue weighted by Crippen LogP contribution is -2.25. The number of thiophene rings is 1. The zero-order valence-electron chi connectivity index (χ0n) is 14.4. The van der Waals surface area contributed by atoms with E-state index in [2.05, 4.69) is 4.84 Å². The summed E-state index contributed by atoms with van der Waals surface area (Å²) in [5.74, 6) is -0.550. The molecule has 0 aliphatic carbocycles. The van der Waals surface area contributed by atoms with Crippen molar-refractivity contribution in [3.05, 3.63) is 52.2 Å². The number of hydrogen-bond acceptors (Lipinski definition) is 7. The average Bonchev–Trinajstić information content (AvgIpc) is 3.19. The molecule has 2 aromatic rings. The largest absolute Gasteiger partial charge is 0.462 e. The number of esters is 1. The molecule has 0 fully saturated rings. The van der Waals surface area contributed by atoms with Crippen molar-refractivity contribution in [2.75, 3.05) is 20.8 Å². The quantitative estimate of drug-likeness (QED) is 0.280. The van der Waals surface area contributed by atoms with Gasteiger partial charge in [-0.25, -0.2) is 13.2 Å². The minimum absolute atomic E-state index is 0.0000514. The first-order chi connectivity index (χ1) is 12.4. The molecule has 0 spiro atoms. The van der Waals surface area contributed by atoms with E-state index in [1.807, 2.05) is 11.4 Å². The van der Waals surface area contributed by atoms with Crippen LogP contribution in [0.15, 0.2) is 46.7 Å². The Morgan fingerprint density at radius 1 is 1.15 bits per heavy atom. The highest BCUT2D eigenvalue weighted by Crippen LogP contribution is 2.16. The molecule has 140 valence electrons. The molecular formula is C17H19NO6S2. The van der Waals surface area contributed by atoms with Crippen molar-refractivity contribution in [1.29, 1.82) is 0 Å². The summed E-state index contributed by atoms with van der Waals surface area (Å²) in [6.07, 6.45) is 0.724. The third-order valence-electron chi connectivity index (χ3n) is 3.56. The van der Waals surface area contributed by atoms with Crippen molar-refractivity contribution in [3.8, 4) is 0 Å². The summed E-state index contributed by atoms with van der Waals surface area (Å²) in [5.41, 5.74) is 0.230. The first-order valence-electron chi connectivity index (χ1n) is 7.73. The fraction of sp³-hybridized carbons (Fsp3) is 0.294. The van der Waals surface area contributed by atoms with Crippen molar-refractivity contribution in [2.24, 2.45) is 0 Å². The number of carbonyl (C=O) groups is 2. The second-order valence-corrected chi connectivity index (χ2v) is 8.15. The summed E-state index contributed by atoms with van der Waals surface area (Å²) in [4.78, 5) is 29.2. The molecule has 0 unspecified atom stereocenters. The number of nitrogens with zero attached hydrogens (tertiary/aromatic N) is 1. The van der Waals surface area contributed by atoms with Crippen molar-refractivity contribution in [1.82, 2.24) is 4.47 Å². The molecule has 0 aliphatic rings. The number of ether oxygens (including phenoxy) is 1. The van der Waals surface area contributed by atoms with E-state index < -0.39 is 16.0 Å². The van der Waals surface area contributed by atoms with Gasteiger partial charge in [0, 0.05) is 13.5 Å². The maximum atomic E-state index is 12.1. The van der Waals surface area contributed by atoms with Crippen molar-refractivity contribution in [2.45, 2.75) is 17.7 Å². The van der Waals surface area contributed by atoms with Gasteiger partial charge in [-0.1, -0.05) is 10.5 Å². The molecule has 26 heavy (non-hydrogen) atoms. The number of hydroxylamine groups is 1. The maximum absolute atomic E-state index is 12.1. The van der Waals surface area contributed by atoms with Crippen LogP contribution in [0.4, 0.5) is 0 Å². The highest BCUT2D eigenvalue weighted by molar-refractivity contribution is 7.89. The Labute approximate surface area is 156 Å². The van der Waals surface area contributed by atoms with Crippen LogP contribution in [-0.4, -0.2) is 45.4 Å². The Hall–Kier alpha value is -2.07. The molecule has 0 amide bonds. The fourth-order valence-corrected chi connectivity index (χ4v) is 3.72. The minimum atomic E-state index is -3.76. The number of rotatable bonds is 9. The third-order valence-corrected chi connectivity index (χ3v) is 6.17. The summed E-state index contributed by atoms with van der Waals surface area (Å²) >= 11 is 1.38. The van der Waals surface area contributed by atoms with Crippen LogP contribution in [0.1, 0.15) is 32.9 Å². The number of carbonyl (C=O) groups excluding carboxylic acids is 2. The number of Topliss-reactive ketones (excluding diaryl/α,β-unsaturated/α-hetero) is 1. The summed E-state index contributed by atoms with van der Waals surface area (Å²) in [6, 6.07) is 8.93. The molecule has 0 bridgehead atoms. The SMILES string of the molecule is CON(C)S(=O)(=O)c1ccc(C(=O)OCCCC(=O)c2cccs2)cc1. The van der Waals surface area contributed by atoms with E-state index >= 15 is 0 Å². The molecule has 1 heterocycles. The highest BCUT2D eigenvalue weighted by atomic mass is 32.2. The predicted molar refractivity (Wildman–Crippen MR) is 96.6 cm³/mol. The van der Waals surface area contributed by atoms with E-state index in [1.165, 1.54) is 49.8 Å². The van der Waals surface area contributed by atoms with Gasteiger partial charge in [0.25, 0.3) is 10.0 Å². The standard InChI is InChI=1S/C17H19NO6S2/c1-18(23-2)26(21,22)14-9-7-13(8-10-14)17(20)24-11-3-5-15(19)16-6-4-12-25-16/h4,6-10,12H,3,5,11H2,1-2H3. The molecule has 0 N–H and O–H groups in total. The molecule has 1 aromatic carbocycles. The van der Waals surface area contributed by atoms with Crippen LogP contribution in [0.3, 0.4) is 0 Å². The zero-order valence-corrected chi connectivity index (χ0v) is 16.0. The Morgan fingerprint density at radius 3 is 2.42 bits per heavy atom. The first kappa shape index (κ1) is 20.2. The second-order valence-electron chi connectivity index (χ2n) is 5.26. The smallest absolute Gasteiger partial charge is 0.338 e. The first-order valence-corrected chi connectivity index (χ1v) is 10.0. The van der Waals surface area contributed by atoms with Crippen LogP contribution in [-0.2, 0) is 19.6 Å². The monoisotopic (exact) mass is 397 g/mol. The van der Waals surface area contributed by atoms with Gasteiger partial charge < -0.3 is 4.74 Å². The van der Waals surface area contributed by atoms with E-state index in [4.69, 9.17) is 4.74 Å². The van der Waals surface area contributed by atoms with E-state index in [0.29, 0.717) is 17.7 Å². The Bertz CT molecular complexity index is 844. The van der Waals surface area contributed by atoms with Crippen LogP contribution in [0, 0.1) is 0 Å². The van der Waals surface area contributed by atoms with Crippen molar-refractivity contribution in [3.63, 3.8) is 0 Å². The van der Waals surface area contributed by atoms with Crippen molar-refractivity contribution >= 4 is 33.1 Å². The molecule has 0 radical (unpaired) electrons. The molecule has 0 saturated heterocycles. The lowest BCUT2D eigenvalue weighted by molar-refractivity contribution is -0.0258. The molecular weight excluding hydrogens is 378 g/mol. The molecule has 1 aromatic heterocycles. The maximum Gasteiger partial charge on any atom is 0.338 e. The van der Waals surface area contributed by atoms with Crippen molar-refractivity contribution < 1.29 is 27.6 Å².